The van der Waals surface area contributed by atoms with Crippen LogP contribution in [0.5, 0.6) is 0 Å². The van der Waals surface area contributed by atoms with Gasteiger partial charge in [0, 0.05) is 40.6 Å². The summed E-state index contributed by atoms with van der Waals surface area (Å²) in [6.07, 6.45) is 1.89. The molecule has 4 nitrogen and oxygen atoms in total. The largest absolute Gasteiger partial charge is 0.498 e. The standard InChI is InChI=1S/C32H29N2OS.C11H8N.Ir/c1-18-9-7-10-19(2)28(18)25-15-26(33-17-21(25)16-32(4,5)6)24-12-8-11-22-23-13-14-27-29(34-20(3)36-27)31(23)35-30(22)24;1-2-6-10(7-3-1)11-8-4-5-9-12-11;/h7-11,13-15,17H,16H2,1-6H3;1-6,8-9H;/q2*-1;/i16D2;;. The third kappa shape index (κ3) is 7.14. The molecule has 4 aromatic carbocycles. The van der Waals surface area contributed by atoms with E-state index in [1.807, 2.05) is 94.4 Å². The zero-order chi connectivity index (χ0) is 35.2. The van der Waals surface area contributed by atoms with Gasteiger partial charge in [-0.15, -0.1) is 65.4 Å². The Morgan fingerprint density at radius 3 is 2.29 bits per heavy atom. The van der Waals surface area contributed by atoms with E-state index in [4.69, 9.17) is 17.1 Å². The van der Waals surface area contributed by atoms with Gasteiger partial charge in [0.2, 0.25) is 0 Å². The molecule has 0 aliphatic carbocycles. The number of benzene rings is 4. The van der Waals surface area contributed by atoms with Crippen LogP contribution in [0.4, 0.5) is 0 Å². The van der Waals surface area contributed by atoms with Crippen LogP contribution in [0, 0.1) is 38.3 Å². The van der Waals surface area contributed by atoms with Crippen molar-refractivity contribution in [3.8, 4) is 33.6 Å². The number of rotatable bonds is 4. The molecule has 0 fully saturated rings. The van der Waals surface area contributed by atoms with Gasteiger partial charge >= 0.3 is 0 Å². The smallest absolute Gasteiger partial charge is 0.148 e. The van der Waals surface area contributed by atoms with Gasteiger partial charge in [-0.2, -0.15) is 0 Å². The van der Waals surface area contributed by atoms with E-state index < -0.39 is 11.8 Å². The van der Waals surface area contributed by atoms with Crippen molar-refractivity contribution >= 4 is 43.5 Å². The molecule has 0 saturated heterocycles. The van der Waals surface area contributed by atoms with E-state index >= 15 is 0 Å². The van der Waals surface area contributed by atoms with Crippen LogP contribution in [-0.4, -0.2) is 15.0 Å². The van der Waals surface area contributed by atoms with Crippen LogP contribution in [0.2, 0.25) is 0 Å². The third-order valence-electron chi connectivity index (χ3n) is 8.14. The van der Waals surface area contributed by atoms with Crippen LogP contribution in [0.25, 0.3) is 65.8 Å². The van der Waals surface area contributed by atoms with Gasteiger partial charge in [0.05, 0.1) is 15.3 Å². The molecule has 0 aliphatic heterocycles. The Morgan fingerprint density at radius 1 is 0.796 bits per heavy atom. The molecule has 4 heterocycles. The van der Waals surface area contributed by atoms with Gasteiger partial charge in [-0.05, 0) is 83.9 Å². The van der Waals surface area contributed by atoms with Gasteiger partial charge in [-0.3, -0.25) is 0 Å². The van der Waals surface area contributed by atoms with Gasteiger partial charge < -0.3 is 14.4 Å². The van der Waals surface area contributed by atoms with E-state index in [1.54, 1.807) is 23.7 Å². The first-order chi connectivity index (χ1) is 23.9. The van der Waals surface area contributed by atoms with Crippen molar-refractivity contribution in [2.75, 3.05) is 0 Å². The Morgan fingerprint density at radius 2 is 1.57 bits per heavy atom. The molecule has 0 N–H and O–H groups in total. The van der Waals surface area contributed by atoms with Crippen molar-refractivity contribution in [3.63, 3.8) is 0 Å². The Kier molecular flexibility index (Phi) is 9.19. The minimum absolute atomic E-state index is 0. The summed E-state index contributed by atoms with van der Waals surface area (Å²) < 4.78 is 25.8. The van der Waals surface area contributed by atoms with Crippen molar-refractivity contribution in [1.29, 1.82) is 0 Å². The van der Waals surface area contributed by atoms with E-state index in [-0.39, 0.29) is 20.1 Å². The summed E-state index contributed by atoms with van der Waals surface area (Å²) in [5, 5.41) is 3.01. The fourth-order valence-electron chi connectivity index (χ4n) is 6.11. The molecule has 4 aromatic heterocycles. The van der Waals surface area contributed by atoms with Crippen LogP contribution in [-0.2, 0) is 26.5 Å². The number of pyridine rings is 2. The number of fused-ring (bicyclic) bond motifs is 5. The maximum absolute atomic E-state index is 9.10. The third-order valence-corrected chi connectivity index (χ3v) is 9.07. The fourth-order valence-corrected chi connectivity index (χ4v) is 6.93. The SMILES string of the molecule is [2H]C([2H])(c1cnc(-c2[c-]ccc3c2oc2c3ccc3sc(C)nc32)cc1-c1c(C)cccc1C)C(C)(C)C.[Ir].[c-]1ccccc1-c1ccccn1. The maximum atomic E-state index is 9.10. The molecule has 0 atom stereocenters. The summed E-state index contributed by atoms with van der Waals surface area (Å²) >= 11 is 1.66. The van der Waals surface area contributed by atoms with Gasteiger partial charge in [0.1, 0.15) is 11.1 Å². The molecule has 0 amide bonds. The van der Waals surface area contributed by atoms with Crippen molar-refractivity contribution in [3.05, 3.63) is 137 Å². The van der Waals surface area contributed by atoms with Crippen LogP contribution >= 0.6 is 11.3 Å². The van der Waals surface area contributed by atoms with Crippen LogP contribution in [0.15, 0.2) is 108 Å². The molecule has 49 heavy (non-hydrogen) atoms. The predicted molar refractivity (Wildman–Crippen MR) is 200 cm³/mol. The molecule has 6 heteroatoms. The second-order valence-corrected chi connectivity index (χ2v) is 14.2. The summed E-state index contributed by atoms with van der Waals surface area (Å²) in [5.41, 5.74) is 9.89. The fraction of sp³-hybridized carbons (Fsp3) is 0.186. The van der Waals surface area contributed by atoms with Gasteiger partial charge in [-0.25, -0.2) is 4.98 Å². The number of hydrogen-bond donors (Lipinski definition) is 0. The second kappa shape index (κ2) is 14.2. The zero-order valence-electron chi connectivity index (χ0n) is 30.3. The zero-order valence-corrected chi connectivity index (χ0v) is 31.5. The molecule has 247 valence electrons. The number of nitrogens with zero attached hydrogens (tertiary/aromatic N) is 3. The Labute approximate surface area is 308 Å². The first-order valence-electron chi connectivity index (χ1n) is 17.0. The van der Waals surface area contributed by atoms with E-state index in [2.05, 4.69) is 55.2 Å². The van der Waals surface area contributed by atoms with Gasteiger partial charge in [0.15, 0.2) is 0 Å². The molecule has 8 aromatic rings. The molecule has 0 unspecified atom stereocenters. The molecule has 0 saturated carbocycles. The Hall–Kier alpha value is -4.48. The van der Waals surface area contributed by atoms with Crippen molar-refractivity contribution in [2.24, 2.45) is 5.41 Å². The average Bonchev–Trinajstić information content (AvgIpc) is 3.68. The normalized spacial score (nSPS) is 12.3. The first kappa shape index (κ1) is 31.8. The van der Waals surface area contributed by atoms with Crippen LogP contribution in [0.1, 0.15) is 45.2 Å². The molecule has 1 radical (unpaired) electrons. The van der Waals surface area contributed by atoms with Gasteiger partial charge in [-0.1, -0.05) is 74.2 Å². The van der Waals surface area contributed by atoms with E-state index in [0.717, 1.165) is 70.7 Å². The summed E-state index contributed by atoms with van der Waals surface area (Å²) in [4.78, 5) is 13.8. The molecular weight excluding hydrogens is 799 g/mol. The number of furan rings is 1. The van der Waals surface area contributed by atoms with E-state index in [9.17, 15) is 0 Å². The summed E-state index contributed by atoms with van der Waals surface area (Å²) in [6.45, 7) is 11.9. The average molecular weight is 838 g/mol. The Balaban J connectivity index is 0.000000291. The monoisotopic (exact) mass is 838 g/mol. The predicted octanol–water partition coefficient (Wildman–Crippen LogP) is 11.8. The van der Waals surface area contributed by atoms with Crippen LogP contribution in [0.3, 0.4) is 0 Å². The van der Waals surface area contributed by atoms with Crippen molar-refractivity contribution < 1.29 is 27.3 Å². The summed E-state index contributed by atoms with van der Waals surface area (Å²) in [5.74, 6) is 0. The van der Waals surface area contributed by atoms with Crippen molar-refractivity contribution in [2.45, 2.75) is 47.9 Å². The maximum Gasteiger partial charge on any atom is 0.148 e. The molecule has 8 rings (SSSR count). The van der Waals surface area contributed by atoms with Crippen molar-refractivity contribution in [1.82, 2.24) is 15.0 Å². The minimum atomic E-state index is -1.61. The molecular formula is C43H37IrN3OS-2. The molecule has 0 spiro atoms. The quantitative estimate of drug-likeness (QED) is 0.166. The number of thiazole rings is 1. The van der Waals surface area contributed by atoms with E-state index in [1.165, 1.54) is 0 Å². The second-order valence-electron chi connectivity index (χ2n) is 13.0. The minimum Gasteiger partial charge on any atom is -0.498 e. The summed E-state index contributed by atoms with van der Waals surface area (Å²) in [7, 11) is 0. The molecule has 0 aliphatic rings. The molecule has 0 bridgehead atoms. The van der Waals surface area contributed by atoms with E-state index in [0.29, 0.717) is 16.8 Å². The van der Waals surface area contributed by atoms with Crippen LogP contribution < -0.4 is 0 Å². The number of hydrogen-bond acceptors (Lipinski definition) is 5. The van der Waals surface area contributed by atoms with Gasteiger partial charge in [0.25, 0.3) is 0 Å². The Bertz CT molecular complexity index is 2430. The number of aryl methyl sites for hydroxylation is 3. The topological polar surface area (TPSA) is 51.8 Å². The number of aromatic nitrogens is 3. The summed E-state index contributed by atoms with van der Waals surface area (Å²) in [6, 6.07) is 36.5. The first-order valence-corrected chi connectivity index (χ1v) is 16.8.